The fraction of sp³-hybridized carbons (Fsp3) is 0.267. The normalized spacial score (nSPS) is 10.6. The Labute approximate surface area is 122 Å². The number of nitrogens with zero attached hydrogens (tertiary/aromatic N) is 2. The highest BCUT2D eigenvalue weighted by molar-refractivity contribution is 9.10. The molecule has 0 saturated carbocycles. The third kappa shape index (κ3) is 2.96. The molecule has 0 atom stereocenters. The van der Waals surface area contributed by atoms with E-state index in [0.717, 1.165) is 21.5 Å². The van der Waals surface area contributed by atoms with E-state index in [4.69, 9.17) is 0 Å². The Morgan fingerprint density at radius 2 is 2.00 bits per heavy atom. The van der Waals surface area contributed by atoms with Gasteiger partial charge in [0.25, 0.3) is 0 Å². The monoisotopic (exact) mass is 320 g/mol. The number of aliphatic hydroxyl groups excluding tert-OH is 1. The van der Waals surface area contributed by atoms with Crippen molar-refractivity contribution in [2.45, 2.75) is 20.5 Å². The van der Waals surface area contributed by atoms with Gasteiger partial charge in [0.2, 0.25) is 0 Å². The van der Waals surface area contributed by atoms with E-state index >= 15 is 0 Å². The first-order chi connectivity index (χ1) is 9.02. The Kier molecular flexibility index (Phi) is 4.22. The summed E-state index contributed by atoms with van der Waals surface area (Å²) >= 11 is 3.37. The maximum absolute atomic E-state index is 9.46. The second-order valence-electron chi connectivity index (χ2n) is 4.64. The second kappa shape index (κ2) is 5.72. The summed E-state index contributed by atoms with van der Waals surface area (Å²) in [5, 5.41) is 9.46. The third-order valence-electron chi connectivity index (χ3n) is 3.11. The van der Waals surface area contributed by atoms with Crippen molar-refractivity contribution in [1.29, 1.82) is 0 Å². The number of hydrogen-bond donors (Lipinski definition) is 1. The quantitative estimate of drug-likeness (QED) is 0.936. The summed E-state index contributed by atoms with van der Waals surface area (Å²) in [6.07, 6.45) is 1.74. The van der Waals surface area contributed by atoms with Crippen LogP contribution in [0.2, 0.25) is 0 Å². The molecule has 0 radical (unpaired) electrons. The van der Waals surface area contributed by atoms with Gasteiger partial charge in [0, 0.05) is 29.0 Å². The average Bonchev–Trinajstić information content (AvgIpc) is 2.37. The number of aliphatic hydroxyl groups is 1. The Bertz CT molecular complexity index is 599. The van der Waals surface area contributed by atoms with Gasteiger partial charge in [0.1, 0.15) is 5.82 Å². The van der Waals surface area contributed by atoms with Gasteiger partial charge in [-0.2, -0.15) is 0 Å². The van der Waals surface area contributed by atoms with Crippen LogP contribution in [0.5, 0.6) is 0 Å². The molecule has 0 amide bonds. The molecule has 1 aromatic heterocycles. The van der Waals surface area contributed by atoms with Crippen molar-refractivity contribution in [1.82, 2.24) is 4.98 Å². The Morgan fingerprint density at radius 1 is 1.26 bits per heavy atom. The van der Waals surface area contributed by atoms with Gasteiger partial charge in [0.05, 0.1) is 6.61 Å². The number of aryl methyl sites for hydroxylation is 2. The number of pyridine rings is 1. The molecule has 1 N–H and O–H groups in total. The molecular formula is C15H17BrN2O. The van der Waals surface area contributed by atoms with Crippen LogP contribution in [-0.2, 0) is 6.61 Å². The molecule has 0 spiro atoms. The van der Waals surface area contributed by atoms with E-state index in [1.807, 2.05) is 18.0 Å². The summed E-state index contributed by atoms with van der Waals surface area (Å²) in [4.78, 5) is 6.41. The van der Waals surface area contributed by atoms with Crippen LogP contribution in [0.3, 0.4) is 0 Å². The number of anilines is 2. The molecule has 2 aromatic rings. The van der Waals surface area contributed by atoms with Gasteiger partial charge in [-0.1, -0.05) is 17.7 Å². The lowest BCUT2D eigenvalue weighted by molar-refractivity contribution is 0.282. The zero-order valence-electron chi connectivity index (χ0n) is 11.3. The van der Waals surface area contributed by atoms with Gasteiger partial charge in [-0.15, -0.1) is 0 Å². The molecule has 0 aliphatic carbocycles. The highest BCUT2D eigenvalue weighted by Crippen LogP contribution is 2.29. The number of aromatic nitrogens is 1. The van der Waals surface area contributed by atoms with Crippen molar-refractivity contribution < 1.29 is 5.11 Å². The molecule has 100 valence electrons. The molecule has 1 aromatic carbocycles. The zero-order chi connectivity index (χ0) is 14.0. The first-order valence-corrected chi connectivity index (χ1v) is 6.88. The van der Waals surface area contributed by atoms with Gasteiger partial charge < -0.3 is 10.0 Å². The lowest BCUT2D eigenvalue weighted by atomic mass is 10.1. The minimum atomic E-state index is -0.0307. The van der Waals surface area contributed by atoms with E-state index in [2.05, 4.69) is 53.0 Å². The van der Waals surface area contributed by atoms with Crippen LogP contribution in [0, 0.1) is 13.8 Å². The lowest BCUT2D eigenvalue weighted by Gasteiger charge is -2.23. The molecule has 0 fully saturated rings. The van der Waals surface area contributed by atoms with Gasteiger partial charge in [-0.25, -0.2) is 4.98 Å². The maximum atomic E-state index is 9.46. The summed E-state index contributed by atoms with van der Waals surface area (Å²) in [6.45, 7) is 4.13. The molecule has 19 heavy (non-hydrogen) atoms. The smallest absolute Gasteiger partial charge is 0.138 e. The van der Waals surface area contributed by atoms with Crippen LogP contribution < -0.4 is 4.90 Å². The van der Waals surface area contributed by atoms with Crippen molar-refractivity contribution in [2.75, 3.05) is 11.9 Å². The van der Waals surface area contributed by atoms with E-state index in [1.165, 1.54) is 11.1 Å². The first-order valence-electron chi connectivity index (χ1n) is 6.09. The molecular weight excluding hydrogens is 304 g/mol. The molecule has 0 aliphatic heterocycles. The van der Waals surface area contributed by atoms with Crippen molar-refractivity contribution >= 4 is 27.4 Å². The summed E-state index contributed by atoms with van der Waals surface area (Å²) < 4.78 is 0.870. The Morgan fingerprint density at radius 3 is 2.63 bits per heavy atom. The molecule has 0 unspecified atom stereocenters. The third-order valence-corrected chi connectivity index (χ3v) is 3.54. The molecule has 1 heterocycles. The van der Waals surface area contributed by atoms with Crippen molar-refractivity contribution in [3.8, 4) is 0 Å². The zero-order valence-corrected chi connectivity index (χ0v) is 12.9. The van der Waals surface area contributed by atoms with Crippen LogP contribution in [0.4, 0.5) is 11.5 Å². The first kappa shape index (κ1) is 14.0. The SMILES string of the molecule is Cc1ccc(N(C)c2ncc(Br)cc2CO)c(C)c1. The molecule has 4 heteroatoms. The predicted octanol–water partition coefficient (Wildman–Crippen LogP) is 3.72. The number of benzene rings is 1. The second-order valence-corrected chi connectivity index (χ2v) is 5.56. The lowest BCUT2D eigenvalue weighted by Crippen LogP contribution is -2.15. The van der Waals surface area contributed by atoms with Gasteiger partial charge in [-0.05, 0) is 47.5 Å². The van der Waals surface area contributed by atoms with Crippen LogP contribution >= 0.6 is 15.9 Å². The summed E-state index contributed by atoms with van der Waals surface area (Å²) in [7, 11) is 1.97. The summed E-state index contributed by atoms with van der Waals surface area (Å²) in [6, 6.07) is 8.19. The maximum Gasteiger partial charge on any atom is 0.138 e. The van der Waals surface area contributed by atoms with E-state index in [-0.39, 0.29) is 6.61 Å². The number of rotatable bonds is 3. The molecule has 0 bridgehead atoms. The highest BCUT2D eigenvalue weighted by atomic mass is 79.9. The van der Waals surface area contributed by atoms with Crippen LogP contribution in [0.1, 0.15) is 16.7 Å². The van der Waals surface area contributed by atoms with Crippen LogP contribution in [0.15, 0.2) is 34.9 Å². The van der Waals surface area contributed by atoms with E-state index < -0.39 is 0 Å². The standard InChI is InChI=1S/C15H17BrN2O/c1-10-4-5-14(11(2)6-10)18(3)15-12(9-19)7-13(16)8-17-15/h4-8,19H,9H2,1-3H3. The Hall–Kier alpha value is -1.39. The largest absolute Gasteiger partial charge is 0.392 e. The number of halogens is 1. The Balaban J connectivity index is 2.46. The predicted molar refractivity (Wildman–Crippen MR) is 81.8 cm³/mol. The van der Waals surface area contributed by atoms with Crippen LogP contribution in [0.25, 0.3) is 0 Å². The summed E-state index contributed by atoms with van der Waals surface area (Å²) in [5.74, 6) is 0.776. The van der Waals surface area contributed by atoms with E-state index in [1.54, 1.807) is 6.20 Å². The van der Waals surface area contributed by atoms with E-state index in [0.29, 0.717) is 0 Å². The molecule has 3 nitrogen and oxygen atoms in total. The van der Waals surface area contributed by atoms with Gasteiger partial charge in [0.15, 0.2) is 0 Å². The number of hydrogen-bond acceptors (Lipinski definition) is 3. The van der Waals surface area contributed by atoms with Gasteiger partial charge >= 0.3 is 0 Å². The topological polar surface area (TPSA) is 36.4 Å². The molecule has 0 saturated heterocycles. The van der Waals surface area contributed by atoms with Crippen LogP contribution in [-0.4, -0.2) is 17.1 Å². The summed E-state index contributed by atoms with van der Waals surface area (Å²) in [5.41, 5.74) is 4.32. The molecule has 0 aliphatic rings. The van der Waals surface area contributed by atoms with Crippen molar-refractivity contribution in [2.24, 2.45) is 0 Å². The van der Waals surface area contributed by atoms with Gasteiger partial charge in [-0.3, -0.25) is 0 Å². The minimum Gasteiger partial charge on any atom is -0.392 e. The van der Waals surface area contributed by atoms with E-state index in [9.17, 15) is 5.11 Å². The molecule has 2 rings (SSSR count). The fourth-order valence-corrected chi connectivity index (χ4v) is 2.57. The highest BCUT2D eigenvalue weighted by Gasteiger charge is 2.12. The minimum absolute atomic E-state index is 0.0307. The fourth-order valence-electron chi connectivity index (χ4n) is 2.19. The average molecular weight is 321 g/mol. The van der Waals surface area contributed by atoms with Crippen molar-refractivity contribution in [3.05, 3.63) is 51.6 Å². The van der Waals surface area contributed by atoms with Crippen molar-refractivity contribution in [3.63, 3.8) is 0 Å².